The van der Waals surface area contributed by atoms with E-state index < -0.39 is 15.6 Å². The summed E-state index contributed by atoms with van der Waals surface area (Å²) in [5.41, 5.74) is -5.65. The number of halogens is 3. The molecular weight excluding hydrogens is 461 g/mol. The Hall–Kier alpha value is -2.49. The lowest BCUT2D eigenvalue weighted by Gasteiger charge is -2.09. The fourth-order valence-corrected chi connectivity index (χ4v) is 4.61. The van der Waals surface area contributed by atoms with E-state index in [0.29, 0.717) is 0 Å². The molecule has 3 aromatic carbocycles. The first kappa shape index (κ1) is 25.8. The van der Waals surface area contributed by atoms with Crippen LogP contribution in [0.3, 0.4) is 0 Å². The van der Waals surface area contributed by atoms with E-state index >= 15 is 0 Å². The molecule has 0 aliphatic rings. The van der Waals surface area contributed by atoms with E-state index in [1.54, 1.807) is 0 Å². The van der Waals surface area contributed by atoms with E-state index in [4.69, 9.17) is 17.7 Å². The van der Waals surface area contributed by atoms with Crippen LogP contribution in [0, 0.1) is 0 Å². The molecule has 0 aliphatic heterocycles. The summed E-state index contributed by atoms with van der Waals surface area (Å²) >= 11 is 0. The quantitative estimate of drug-likeness (QED) is 0.178. The fourth-order valence-electron chi connectivity index (χ4n) is 2.53. The van der Waals surface area contributed by atoms with Gasteiger partial charge in [0.15, 0.2) is 24.8 Å². The lowest BCUT2D eigenvalue weighted by atomic mass is 10.3. The molecule has 32 heavy (non-hydrogen) atoms. The maximum absolute atomic E-state index is 10.7. The van der Waals surface area contributed by atoms with Gasteiger partial charge in [0.05, 0.1) is 17.5 Å². The highest BCUT2D eigenvalue weighted by atomic mass is 32.2. The van der Waals surface area contributed by atoms with Gasteiger partial charge in [0.1, 0.15) is 5.75 Å². The Balaban J connectivity index is 0.000000390. The van der Waals surface area contributed by atoms with Crippen molar-refractivity contribution in [1.29, 1.82) is 0 Å². The molecule has 0 aliphatic carbocycles. The third-order valence-corrected chi connectivity index (χ3v) is 6.86. The summed E-state index contributed by atoms with van der Waals surface area (Å²) in [4.78, 5) is 3.99. The van der Waals surface area contributed by atoms with Crippen LogP contribution < -0.4 is 4.74 Å². The summed E-state index contributed by atoms with van der Waals surface area (Å²) in [6, 6.07) is 30.0. The summed E-state index contributed by atoms with van der Waals surface area (Å²) in [6.07, 6.45) is 2.25. The maximum Gasteiger partial charge on any atom is 0.485 e. The van der Waals surface area contributed by atoms with Crippen molar-refractivity contribution in [2.45, 2.75) is 40.0 Å². The van der Waals surface area contributed by atoms with Crippen LogP contribution >= 0.6 is 0 Å². The zero-order valence-corrected chi connectivity index (χ0v) is 18.9. The molecular formula is C23H23F3O4S2. The van der Waals surface area contributed by atoms with E-state index in [1.165, 1.54) is 14.7 Å². The fraction of sp³-hybridized carbons (Fsp3) is 0.217. The summed E-state index contributed by atoms with van der Waals surface area (Å²) < 4.78 is 64.7. The number of alkyl halides is 3. The van der Waals surface area contributed by atoms with Crippen LogP contribution in [0.4, 0.5) is 13.2 Å². The number of ether oxygens (including phenoxy) is 1. The van der Waals surface area contributed by atoms with Gasteiger partial charge in [-0.05, 0) is 55.0 Å². The molecule has 0 unspecified atom stereocenters. The molecule has 0 fully saturated rings. The highest BCUT2D eigenvalue weighted by molar-refractivity contribution is 7.97. The summed E-state index contributed by atoms with van der Waals surface area (Å²) in [5, 5.41) is 0. The van der Waals surface area contributed by atoms with Crippen LogP contribution in [0.25, 0.3) is 0 Å². The minimum absolute atomic E-state index is 0.0858. The van der Waals surface area contributed by atoms with Crippen molar-refractivity contribution in [3.05, 3.63) is 84.9 Å². The van der Waals surface area contributed by atoms with E-state index in [9.17, 15) is 13.2 Å². The molecule has 0 N–H and O–H groups in total. The molecule has 3 rings (SSSR count). The third-order valence-electron chi connectivity index (χ3n) is 4.07. The minimum Gasteiger partial charge on any atom is -0.741 e. The number of hydrogen-bond acceptors (Lipinski definition) is 4. The lowest BCUT2D eigenvalue weighted by molar-refractivity contribution is -0.0517. The molecule has 0 radical (unpaired) electrons. The van der Waals surface area contributed by atoms with Gasteiger partial charge < -0.3 is 9.29 Å². The molecule has 0 saturated carbocycles. The molecule has 3 aromatic rings. The summed E-state index contributed by atoms with van der Waals surface area (Å²) in [7, 11) is -6.18. The van der Waals surface area contributed by atoms with E-state index in [-0.39, 0.29) is 10.9 Å². The SMILES string of the molecule is CCCCOc1ccc([S+](c2ccccc2)c2ccccc2)cc1.O=S(=O)([O-])C(F)(F)F. The van der Waals surface area contributed by atoms with Gasteiger partial charge in [-0.3, -0.25) is 0 Å². The van der Waals surface area contributed by atoms with Gasteiger partial charge in [-0.25, -0.2) is 8.42 Å². The molecule has 0 aromatic heterocycles. The van der Waals surface area contributed by atoms with Crippen molar-refractivity contribution >= 4 is 21.0 Å². The smallest absolute Gasteiger partial charge is 0.485 e. The van der Waals surface area contributed by atoms with Crippen LogP contribution in [-0.4, -0.2) is 25.1 Å². The van der Waals surface area contributed by atoms with Crippen LogP contribution in [0.5, 0.6) is 5.75 Å². The highest BCUT2D eigenvalue weighted by Crippen LogP contribution is 2.31. The molecule has 172 valence electrons. The molecule has 0 atom stereocenters. The lowest BCUT2D eigenvalue weighted by Crippen LogP contribution is -2.21. The average Bonchev–Trinajstić information content (AvgIpc) is 2.76. The molecule has 0 spiro atoms. The molecule has 0 bridgehead atoms. The Morgan fingerprint density at radius 2 is 1.22 bits per heavy atom. The zero-order chi connectivity index (χ0) is 23.6. The van der Waals surface area contributed by atoms with Crippen LogP contribution in [-0.2, 0) is 21.0 Å². The van der Waals surface area contributed by atoms with Crippen LogP contribution in [0.15, 0.2) is 99.6 Å². The largest absolute Gasteiger partial charge is 0.741 e. The predicted molar refractivity (Wildman–Crippen MR) is 118 cm³/mol. The third kappa shape index (κ3) is 7.89. The number of hydrogen-bond donors (Lipinski definition) is 0. The van der Waals surface area contributed by atoms with Gasteiger partial charge >= 0.3 is 5.51 Å². The van der Waals surface area contributed by atoms with Gasteiger partial charge in [-0.15, -0.1) is 0 Å². The standard InChI is InChI=1S/C22H23OS.CHF3O3S/c1-2-3-18-23-19-14-16-22(17-15-19)24(20-10-6-4-7-11-20)21-12-8-5-9-13-21;2-1(3,4)8(5,6)7/h4-17H,2-3,18H2,1H3;(H,5,6,7)/q+1;/p-1. The normalized spacial score (nSPS) is 11.6. The zero-order valence-electron chi connectivity index (χ0n) is 17.3. The monoisotopic (exact) mass is 484 g/mol. The Morgan fingerprint density at radius 3 is 1.59 bits per heavy atom. The second kappa shape index (κ2) is 11.9. The predicted octanol–water partition coefficient (Wildman–Crippen LogP) is 6.01. The Bertz CT molecular complexity index is 1000. The van der Waals surface area contributed by atoms with E-state index in [2.05, 4.69) is 91.9 Å². The van der Waals surface area contributed by atoms with E-state index in [0.717, 1.165) is 25.2 Å². The molecule has 4 nitrogen and oxygen atoms in total. The van der Waals surface area contributed by atoms with Crippen molar-refractivity contribution in [2.75, 3.05) is 6.61 Å². The maximum atomic E-state index is 10.7. The number of rotatable bonds is 7. The van der Waals surface area contributed by atoms with E-state index in [1.807, 2.05) is 0 Å². The highest BCUT2D eigenvalue weighted by Gasteiger charge is 2.37. The second-order valence-electron chi connectivity index (χ2n) is 6.51. The van der Waals surface area contributed by atoms with Gasteiger partial charge in [-0.1, -0.05) is 49.7 Å². The molecule has 9 heteroatoms. The second-order valence-corrected chi connectivity index (χ2v) is 9.90. The van der Waals surface area contributed by atoms with Gasteiger partial charge in [0, 0.05) is 0 Å². The molecule has 0 heterocycles. The van der Waals surface area contributed by atoms with Crippen molar-refractivity contribution < 1.29 is 30.9 Å². The van der Waals surface area contributed by atoms with Crippen molar-refractivity contribution in [1.82, 2.24) is 0 Å². The van der Waals surface area contributed by atoms with Gasteiger partial charge in [0.25, 0.3) is 0 Å². The summed E-state index contributed by atoms with van der Waals surface area (Å²) in [5.74, 6) is 0.955. The van der Waals surface area contributed by atoms with Crippen molar-refractivity contribution in [3.8, 4) is 5.75 Å². The molecule has 0 saturated heterocycles. The topological polar surface area (TPSA) is 66.4 Å². The first-order chi connectivity index (χ1) is 15.1. The number of benzene rings is 3. The first-order valence-electron chi connectivity index (χ1n) is 9.73. The van der Waals surface area contributed by atoms with Crippen LogP contribution in [0.1, 0.15) is 19.8 Å². The van der Waals surface area contributed by atoms with Gasteiger partial charge in [-0.2, -0.15) is 13.2 Å². The average molecular weight is 485 g/mol. The van der Waals surface area contributed by atoms with Gasteiger partial charge in [0.2, 0.25) is 0 Å². The summed E-state index contributed by atoms with van der Waals surface area (Å²) in [6.45, 7) is 2.97. The van der Waals surface area contributed by atoms with Crippen molar-refractivity contribution in [3.63, 3.8) is 0 Å². The Morgan fingerprint density at radius 1 is 0.812 bits per heavy atom. The minimum atomic E-state index is -6.09. The first-order valence-corrected chi connectivity index (χ1v) is 12.4. The van der Waals surface area contributed by atoms with Crippen LogP contribution in [0.2, 0.25) is 0 Å². The molecule has 0 amide bonds. The van der Waals surface area contributed by atoms with Crippen molar-refractivity contribution in [2.24, 2.45) is 0 Å². The Labute approximate surface area is 189 Å². The number of unbranched alkanes of at least 4 members (excludes halogenated alkanes) is 1. The Kier molecular flexibility index (Phi) is 9.61.